The third kappa shape index (κ3) is 19.6. The fraction of sp³-hybridized carbons (Fsp3) is 0.950. The Morgan fingerprint density at radius 2 is 1.28 bits per heavy atom. The van der Waals surface area contributed by atoms with Gasteiger partial charge in [0, 0.05) is 19.6 Å². The lowest BCUT2D eigenvalue weighted by molar-refractivity contribution is -0.150. The van der Waals surface area contributed by atoms with Gasteiger partial charge in [0.05, 0.1) is 19.1 Å². The summed E-state index contributed by atoms with van der Waals surface area (Å²) in [5.41, 5.74) is 0. The number of ether oxygens (including phenoxy) is 3. The second kappa shape index (κ2) is 24.9. The average molecular weight is 650 g/mol. The van der Waals surface area contributed by atoms with Crippen molar-refractivity contribution in [2.75, 3.05) is 40.5 Å². The fourth-order valence-corrected chi connectivity index (χ4v) is 7.35. The van der Waals surface area contributed by atoms with Crippen LogP contribution in [0.25, 0.3) is 0 Å². The van der Waals surface area contributed by atoms with Crippen molar-refractivity contribution in [3.8, 4) is 0 Å². The van der Waals surface area contributed by atoms with Gasteiger partial charge in [-0.3, -0.25) is 9.59 Å². The third-order valence-corrected chi connectivity index (χ3v) is 10.9. The van der Waals surface area contributed by atoms with E-state index in [1.165, 1.54) is 103 Å². The highest BCUT2D eigenvalue weighted by atomic mass is 16.6. The average Bonchev–Trinajstić information content (AvgIpc) is 3.97. The predicted octanol–water partition coefficient (Wildman–Crippen LogP) is 10.0. The molecule has 2 aliphatic carbocycles. The topological polar surface area (TPSA) is 65.1 Å². The van der Waals surface area contributed by atoms with Crippen molar-refractivity contribution in [3.05, 3.63) is 0 Å². The summed E-state index contributed by atoms with van der Waals surface area (Å²) in [4.78, 5) is 27.1. The molecule has 2 saturated carbocycles. The Kier molecular flexibility index (Phi) is 22.2. The van der Waals surface area contributed by atoms with Crippen LogP contribution in [-0.4, -0.2) is 63.4 Å². The molecule has 0 aromatic rings. The van der Waals surface area contributed by atoms with Gasteiger partial charge in [-0.05, 0) is 82.2 Å². The van der Waals surface area contributed by atoms with Gasteiger partial charge in [-0.2, -0.15) is 0 Å². The van der Waals surface area contributed by atoms with E-state index in [4.69, 9.17) is 14.2 Å². The van der Waals surface area contributed by atoms with Crippen LogP contribution >= 0.6 is 0 Å². The van der Waals surface area contributed by atoms with E-state index in [1.54, 1.807) is 0 Å². The van der Waals surface area contributed by atoms with E-state index >= 15 is 0 Å². The van der Waals surface area contributed by atoms with E-state index < -0.39 is 0 Å². The standard InChI is InChI=1S/C40H75NO5/c1-7-10-11-12-15-18-21-35-27-36(35)22-19-16-13-14-17-20-25-44-32(4)30-45-40(43)29-34(9-3)38(28-37-26-33(37)8-2)31-46-39(42)23-24-41(5)6/h32-38H,7-31H2,1-6H3. The Labute approximate surface area is 284 Å². The number of hydrogen-bond donors (Lipinski definition) is 0. The summed E-state index contributed by atoms with van der Waals surface area (Å²) in [5, 5.41) is 0. The summed E-state index contributed by atoms with van der Waals surface area (Å²) in [5.74, 6) is 3.66. The Balaban J connectivity index is 1.50. The molecule has 2 fully saturated rings. The monoisotopic (exact) mass is 650 g/mol. The third-order valence-electron chi connectivity index (χ3n) is 10.9. The minimum Gasteiger partial charge on any atom is -0.465 e. The summed E-state index contributed by atoms with van der Waals surface area (Å²) in [7, 11) is 3.92. The number of esters is 2. The molecule has 6 heteroatoms. The van der Waals surface area contributed by atoms with Gasteiger partial charge >= 0.3 is 11.9 Å². The van der Waals surface area contributed by atoms with E-state index in [0.29, 0.717) is 38.5 Å². The van der Waals surface area contributed by atoms with E-state index in [9.17, 15) is 9.59 Å². The molecule has 0 saturated heterocycles. The van der Waals surface area contributed by atoms with E-state index in [1.807, 2.05) is 25.9 Å². The van der Waals surface area contributed by atoms with Crippen molar-refractivity contribution in [1.82, 2.24) is 4.90 Å². The molecule has 0 spiro atoms. The highest BCUT2D eigenvalue weighted by molar-refractivity contribution is 5.70. The first-order valence-electron chi connectivity index (χ1n) is 19.8. The first kappa shape index (κ1) is 41.0. The summed E-state index contributed by atoms with van der Waals surface area (Å²) in [6.45, 7) is 10.8. The molecule has 0 aromatic heterocycles. The summed E-state index contributed by atoms with van der Waals surface area (Å²) in [6, 6.07) is 0. The maximum Gasteiger partial charge on any atom is 0.307 e. The van der Waals surface area contributed by atoms with Crippen molar-refractivity contribution < 1.29 is 23.8 Å². The molecule has 270 valence electrons. The second-order valence-electron chi connectivity index (χ2n) is 15.4. The van der Waals surface area contributed by atoms with Crippen molar-refractivity contribution in [2.45, 2.75) is 169 Å². The lowest BCUT2D eigenvalue weighted by atomic mass is 9.83. The van der Waals surface area contributed by atoms with E-state index in [0.717, 1.165) is 43.6 Å². The van der Waals surface area contributed by atoms with Gasteiger partial charge in [0.2, 0.25) is 0 Å². The molecule has 0 aliphatic heterocycles. The Morgan fingerprint density at radius 1 is 0.696 bits per heavy atom. The van der Waals surface area contributed by atoms with Crippen molar-refractivity contribution >= 4 is 11.9 Å². The van der Waals surface area contributed by atoms with Gasteiger partial charge in [0.1, 0.15) is 6.61 Å². The number of unbranched alkanes of at least 4 members (excludes halogenated alkanes) is 10. The predicted molar refractivity (Wildman–Crippen MR) is 191 cm³/mol. The molecule has 0 heterocycles. The molecular formula is C40H75NO5. The number of carbonyl (C=O) groups is 2. The molecular weight excluding hydrogens is 574 g/mol. The van der Waals surface area contributed by atoms with Crippen LogP contribution in [0.2, 0.25) is 0 Å². The van der Waals surface area contributed by atoms with Gasteiger partial charge in [0.15, 0.2) is 0 Å². The molecule has 0 N–H and O–H groups in total. The molecule has 6 nitrogen and oxygen atoms in total. The van der Waals surface area contributed by atoms with Gasteiger partial charge < -0.3 is 19.1 Å². The van der Waals surface area contributed by atoms with Gasteiger partial charge in [-0.25, -0.2) is 0 Å². The highest BCUT2D eigenvalue weighted by Crippen LogP contribution is 2.47. The molecule has 2 aliphatic rings. The van der Waals surface area contributed by atoms with Crippen LogP contribution in [0.5, 0.6) is 0 Å². The zero-order valence-electron chi connectivity index (χ0n) is 31.2. The highest BCUT2D eigenvalue weighted by Gasteiger charge is 2.39. The lowest BCUT2D eigenvalue weighted by Crippen LogP contribution is -2.27. The second-order valence-corrected chi connectivity index (χ2v) is 15.4. The zero-order chi connectivity index (χ0) is 33.6. The molecule has 0 bridgehead atoms. The smallest absolute Gasteiger partial charge is 0.307 e. The van der Waals surface area contributed by atoms with Crippen LogP contribution in [-0.2, 0) is 23.8 Å². The van der Waals surface area contributed by atoms with Gasteiger partial charge in [-0.15, -0.1) is 0 Å². The summed E-state index contributed by atoms with van der Waals surface area (Å²) >= 11 is 0. The minimum atomic E-state index is -0.158. The molecule has 46 heavy (non-hydrogen) atoms. The summed E-state index contributed by atoms with van der Waals surface area (Å²) < 4.78 is 17.3. The van der Waals surface area contributed by atoms with Gasteiger partial charge in [0.25, 0.3) is 0 Å². The maximum atomic E-state index is 12.8. The van der Waals surface area contributed by atoms with Crippen molar-refractivity contribution in [3.63, 3.8) is 0 Å². The minimum absolute atomic E-state index is 0.0860. The van der Waals surface area contributed by atoms with Crippen LogP contribution in [0, 0.1) is 35.5 Å². The SMILES string of the molecule is CCCCCCCCC1CC1CCCCCCCCOC(C)COC(=O)CC(CC)C(COC(=O)CCN(C)C)CC1CC1CC. The molecule has 2 rings (SSSR count). The van der Waals surface area contributed by atoms with Crippen molar-refractivity contribution in [1.29, 1.82) is 0 Å². The van der Waals surface area contributed by atoms with Crippen LogP contribution < -0.4 is 0 Å². The largest absolute Gasteiger partial charge is 0.465 e. The number of rotatable bonds is 31. The quantitative estimate of drug-likeness (QED) is 0.0550. The number of carbonyl (C=O) groups excluding carboxylic acids is 2. The molecule has 0 radical (unpaired) electrons. The molecule has 7 atom stereocenters. The van der Waals surface area contributed by atoms with Crippen LogP contribution in [0.3, 0.4) is 0 Å². The van der Waals surface area contributed by atoms with Crippen LogP contribution in [0.15, 0.2) is 0 Å². The van der Waals surface area contributed by atoms with Gasteiger partial charge in [-0.1, -0.05) is 117 Å². The first-order chi connectivity index (χ1) is 22.3. The maximum absolute atomic E-state index is 12.8. The molecule has 7 unspecified atom stereocenters. The number of hydrogen-bond acceptors (Lipinski definition) is 6. The Morgan fingerprint density at radius 3 is 1.87 bits per heavy atom. The molecule has 0 amide bonds. The van der Waals surface area contributed by atoms with Crippen LogP contribution in [0.1, 0.15) is 163 Å². The zero-order valence-corrected chi connectivity index (χ0v) is 31.2. The van der Waals surface area contributed by atoms with E-state index in [-0.39, 0.29) is 29.9 Å². The van der Waals surface area contributed by atoms with Crippen LogP contribution in [0.4, 0.5) is 0 Å². The Bertz CT molecular complexity index is 788. The fourth-order valence-electron chi connectivity index (χ4n) is 7.35. The number of nitrogens with zero attached hydrogens (tertiary/aromatic N) is 1. The summed E-state index contributed by atoms with van der Waals surface area (Å²) in [6.07, 6.45) is 25.8. The van der Waals surface area contributed by atoms with Crippen molar-refractivity contribution in [2.24, 2.45) is 35.5 Å². The lowest BCUT2D eigenvalue weighted by Gasteiger charge is -2.26. The first-order valence-corrected chi connectivity index (χ1v) is 19.8. The molecule has 0 aromatic carbocycles. The Hall–Kier alpha value is -1.14. The van der Waals surface area contributed by atoms with E-state index in [2.05, 4.69) is 20.8 Å². The normalized spacial score (nSPS) is 22.4.